The second-order valence-corrected chi connectivity index (χ2v) is 5.57. The van der Waals surface area contributed by atoms with Crippen molar-refractivity contribution in [3.8, 4) is 0 Å². The molecule has 7 heteroatoms. The Balaban J connectivity index is 1.72. The van der Waals surface area contributed by atoms with Crippen LogP contribution in [0.5, 0.6) is 0 Å². The summed E-state index contributed by atoms with van der Waals surface area (Å²) in [5.74, 6) is -0.716. The van der Waals surface area contributed by atoms with E-state index in [9.17, 15) is 9.59 Å². The van der Waals surface area contributed by atoms with E-state index in [-0.39, 0.29) is 30.2 Å². The molecule has 1 aromatic heterocycles. The topological polar surface area (TPSA) is 81.4 Å². The number of esters is 1. The van der Waals surface area contributed by atoms with Crippen LogP contribution in [0.4, 0.5) is 0 Å². The van der Waals surface area contributed by atoms with Gasteiger partial charge in [-0.05, 0) is 44.2 Å². The molecule has 1 heterocycles. The first-order valence-corrected chi connectivity index (χ1v) is 7.51. The molecule has 0 spiro atoms. The monoisotopic (exact) mass is 314 g/mol. The van der Waals surface area contributed by atoms with E-state index in [2.05, 4.69) is 10.5 Å². The summed E-state index contributed by atoms with van der Waals surface area (Å²) in [4.78, 5) is 23.4. The first kappa shape index (κ1) is 15.8. The number of hydrogen-bond donors (Lipinski definition) is 1. The van der Waals surface area contributed by atoms with Crippen LogP contribution in [0.2, 0.25) is 5.22 Å². The summed E-state index contributed by atoms with van der Waals surface area (Å²) >= 11 is 5.78. The van der Waals surface area contributed by atoms with E-state index in [1.54, 1.807) is 6.92 Å². The number of carbonyl (C=O) groups is 2. The van der Waals surface area contributed by atoms with Crippen molar-refractivity contribution < 1.29 is 18.8 Å². The van der Waals surface area contributed by atoms with Crippen molar-refractivity contribution in [2.24, 2.45) is 0 Å². The second kappa shape index (κ2) is 7.45. The summed E-state index contributed by atoms with van der Waals surface area (Å²) < 4.78 is 10.1. The number of nitrogens with one attached hydrogen (secondary N) is 1. The van der Waals surface area contributed by atoms with Gasteiger partial charge in [-0.15, -0.1) is 0 Å². The molecule has 6 nitrogen and oxygen atoms in total. The molecule has 0 bridgehead atoms. The minimum absolute atomic E-state index is 0.00193. The summed E-state index contributed by atoms with van der Waals surface area (Å²) in [7, 11) is 0. The lowest BCUT2D eigenvalue weighted by Crippen LogP contribution is -2.34. The van der Waals surface area contributed by atoms with Gasteiger partial charge in [-0.3, -0.25) is 9.59 Å². The normalized spacial score (nSPS) is 15.7. The van der Waals surface area contributed by atoms with Crippen LogP contribution in [0.25, 0.3) is 0 Å². The molecule has 1 amide bonds. The Bertz CT molecular complexity index is 490. The molecule has 0 unspecified atom stereocenters. The van der Waals surface area contributed by atoms with E-state index in [0.29, 0.717) is 11.3 Å². The summed E-state index contributed by atoms with van der Waals surface area (Å²) in [6.07, 6.45) is 5.24. The maximum absolute atomic E-state index is 11.8. The van der Waals surface area contributed by atoms with Crippen LogP contribution in [0.15, 0.2) is 4.52 Å². The van der Waals surface area contributed by atoms with Gasteiger partial charge < -0.3 is 14.6 Å². The molecule has 1 saturated carbocycles. The number of amides is 1. The van der Waals surface area contributed by atoms with Crippen molar-refractivity contribution in [2.45, 2.75) is 51.6 Å². The molecule has 0 radical (unpaired) electrons. The lowest BCUT2D eigenvalue weighted by Gasteiger charge is -2.21. The SMILES string of the molecule is Cc1noc(Cl)c1CC(=O)NCC(=O)OC1CCCCC1. The standard InChI is InChI=1S/C14H19ClN2O4/c1-9-11(14(15)21-17-9)7-12(18)16-8-13(19)20-10-5-3-2-4-6-10/h10H,2-8H2,1H3,(H,16,18). The van der Waals surface area contributed by atoms with E-state index in [1.165, 1.54) is 6.42 Å². The fraction of sp³-hybridized carbons (Fsp3) is 0.643. The Hall–Kier alpha value is -1.56. The highest BCUT2D eigenvalue weighted by atomic mass is 35.5. The van der Waals surface area contributed by atoms with E-state index in [0.717, 1.165) is 25.7 Å². The van der Waals surface area contributed by atoms with Gasteiger partial charge in [0.2, 0.25) is 11.1 Å². The lowest BCUT2D eigenvalue weighted by molar-refractivity contribution is -0.150. The molecule has 1 aromatic rings. The Labute approximate surface area is 128 Å². The van der Waals surface area contributed by atoms with Gasteiger partial charge in [0, 0.05) is 5.56 Å². The van der Waals surface area contributed by atoms with Crippen LogP contribution in [0.1, 0.15) is 43.4 Å². The molecular weight excluding hydrogens is 296 g/mol. The van der Waals surface area contributed by atoms with Crippen LogP contribution < -0.4 is 5.32 Å². The van der Waals surface area contributed by atoms with E-state index in [4.69, 9.17) is 20.9 Å². The Morgan fingerprint density at radius 1 is 1.38 bits per heavy atom. The van der Waals surface area contributed by atoms with Crippen LogP contribution in [-0.4, -0.2) is 29.7 Å². The number of halogens is 1. The third kappa shape index (κ3) is 4.74. The number of ether oxygens (including phenoxy) is 1. The molecule has 0 aliphatic heterocycles. The van der Waals surface area contributed by atoms with E-state index in [1.807, 2.05) is 0 Å². The second-order valence-electron chi connectivity index (χ2n) is 5.22. The quantitative estimate of drug-likeness (QED) is 0.842. The van der Waals surface area contributed by atoms with Crippen molar-refractivity contribution >= 4 is 23.5 Å². The van der Waals surface area contributed by atoms with Gasteiger partial charge in [-0.25, -0.2) is 0 Å². The van der Waals surface area contributed by atoms with E-state index < -0.39 is 5.97 Å². The minimum Gasteiger partial charge on any atom is -0.461 e. The molecule has 116 valence electrons. The zero-order valence-corrected chi connectivity index (χ0v) is 12.7. The van der Waals surface area contributed by atoms with Gasteiger partial charge in [-0.2, -0.15) is 0 Å². The maximum atomic E-state index is 11.8. The van der Waals surface area contributed by atoms with Crippen molar-refractivity contribution in [1.82, 2.24) is 10.5 Å². The molecule has 0 atom stereocenters. The Morgan fingerprint density at radius 3 is 2.71 bits per heavy atom. The first-order chi connectivity index (χ1) is 10.1. The van der Waals surface area contributed by atoms with Gasteiger partial charge in [0.15, 0.2) is 0 Å². The van der Waals surface area contributed by atoms with Crippen LogP contribution in [-0.2, 0) is 20.7 Å². The van der Waals surface area contributed by atoms with Gasteiger partial charge in [0.05, 0.1) is 12.1 Å². The summed E-state index contributed by atoms with van der Waals surface area (Å²) in [5.41, 5.74) is 1.11. The number of nitrogens with zero attached hydrogens (tertiary/aromatic N) is 1. The Kier molecular flexibility index (Phi) is 5.61. The summed E-state index contributed by atoms with van der Waals surface area (Å²) in [6, 6.07) is 0. The van der Waals surface area contributed by atoms with Crippen molar-refractivity contribution in [2.75, 3.05) is 6.54 Å². The number of rotatable bonds is 5. The van der Waals surface area contributed by atoms with Crippen molar-refractivity contribution in [1.29, 1.82) is 0 Å². The van der Waals surface area contributed by atoms with Crippen LogP contribution in [0, 0.1) is 6.92 Å². The average Bonchev–Trinajstić information content (AvgIpc) is 2.78. The third-order valence-electron chi connectivity index (χ3n) is 3.55. The van der Waals surface area contributed by atoms with Crippen molar-refractivity contribution in [3.63, 3.8) is 0 Å². The molecule has 1 aliphatic carbocycles. The first-order valence-electron chi connectivity index (χ1n) is 7.13. The molecular formula is C14H19ClN2O4. The number of aromatic nitrogens is 1. The number of aryl methyl sites for hydroxylation is 1. The molecule has 1 fully saturated rings. The summed E-state index contributed by atoms with van der Waals surface area (Å²) in [5, 5.41) is 6.29. The third-order valence-corrected chi connectivity index (χ3v) is 3.85. The fourth-order valence-corrected chi connectivity index (χ4v) is 2.60. The summed E-state index contributed by atoms with van der Waals surface area (Å²) in [6.45, 7) is 1.58. The predicted molar refractivity (Wildman–Crippen MR) is 75.9 cm³/mol. The van der Waals surface area contributed by atoms with Crippen LogP contribution >= 0.6 is 11.6 Å². The Morgan fingerprint density at radius 2 is 2.10 bits per heavy atom. The van der Waals surface area contributed by atoms with Gasteiger partial charge in [0.25, 0.3) is 0 Å². The van der Waals surface area contributed by atoms with Gasteiger partial charge >= 0.3 is 5.97 Å². The zero-order chi connectivity index (χ0) is 15.2. The fourth-order valence-electron chi connectivity index (χ4n) is 2.36. The predicted octanol–water partition coefficient (Wildman–Crippen LogP) is 2.17. The molecule has 1 aliphatic rings. The highest BCUT2D eigenvalue weighted by Crippen LogP contribution is 2.20. The molecule has 0 saturated heterocycles. The number of carbonyl (C=O) groups excluding carboxylic acids is 2. The zero-order valence-electron chi connectivity index (χ0n) is 12.0. The molecule has 2 rings (SSSR count). The largest absolute Gasteiger partial charge is 0.461 e. The van der Waals surface area contributed by atoms with E-state index >= 15 is 0 Å². The maximum Gasteiger partial charge on any atom is 0.325 e. The van der Waals surface area contributed by atoms with Gasteiger partial charge in [0.1, 0.15) is 12.6 Å². The van der Waals surface area contributed by atoms with Crippen LogP contribution in [0.3, 0.4) is 0 Å². The molecule has 0 aromatic carbocycles. The highest BCUT2D eigenvalue weighted by Gasteiger charge is 2.19. The lowest BCUT2D eigenvalue weighted by atomic mass is 9.98. The minimum atomic E-state index is -0.400. The number of hydrogen-bond acceptors (Lipinski definition) is 5. The molecule has 21 heavy (non-hydrogen) atoms. The van der Waals surface area contributed by atoms with Gasteiger partial charge in [-0.1, -0.05) is 11.6 Å². The average molecular weight is 315 g/mol. The smallest absolute Gasteiger partial charge is 0.325 e. The molecule has 1 N–H and O–H groups in total. The highest BCUT2D eigenvalue weighted by molar-refractivity contribution is 6.29. The van der Waals surface area contributed by atoms with Crippen molar-refractivity contribution in [3.05, 3.63) is 16.5 Å².